The van der Waals surface area contributed by atoms with Gasteiger partial charge in [-0.15, -0.1) is 0 Å². The van der Waals surface area contributed by atoms with Crippen LogP contribution in [0.3, 0.4) is 0 Å². The average molecular weight is 272 g/mol. The van der Waals surface area contributed by atoms with Crippen molar-refractivity contribution in [1.82, 2.24) is 15.2 Å². The molecule has 1 saturated heterocycles. The van der Waals surface area contributed by atoms with Crippen molar-refractivity contribution in [3.8, 4) is 6.07 Å². The molecule has 1 N–H and O–H groups in total. The van der Waals surface area contributed by atoms with Crippen LogP contribution in [0.4, 0.5) is 0 Å². The lowest BCUT2D eigenvalue weighted by atomic mass is 9.97. The molecule has 20 heavy (non-hydrogen) atoms. The monoisotopic (exact) mass is 272 g/mol. The van der Waals surface area contributed by atoms with E-state index in [0.717, 1.165) is 32.5 Å². The summed E-state index contributed by atoms with van der Waals surface area (Å²) in [4.78, 5) is 18.4. The summed E-state index contributed by atoms with van der Waals surface area (Å²) in [5.74, 6) is 0.522. The SMILES string of the molecule is CCN(CC1CCNCC1)C(=O)c1ccc(C#N)cn1. The minimum Gasteiger partial charge on any atom is -0.337 e. The number of pyridine rings is 1. The second-order valence-corrected chi connectivity index (χ2v) is 5.08. The highest BCUT2D eigenvalue weighted by molar-refractivity contribution is 5.92. The molecular weight excluding hydrogens is 252 g/mol. The van der Waals surface area contributed by atoms with Crippen LogP contribution >= 0.6 is 0 Å². The summed E-state index contributed by atoms with van der Waals surface area (Å²) in [5, 5.41) is 12.1. The first-order chi connectivity index (χ1) is 9.74. The first kappa shape index (κ1) is 14.5. The van der Waals surface area contributed by atoms with Crippen LogP contribution in [-0.2, 0) is 0 Å². The molecule has 1 aliphatic heterocycles. The highest BCUT2D eigenvalue weighted by Gasteiger charge is 2.21. The highest BCUT2D eigenvalue weighted by atomic mass is 16.2. The van der Waals surface area contributed by atoms with Crippen molar-refractivity contribution in [2.24, 2.45) is 5.92 Å². The van der Waals surface area contributed by atoms with Crippen LogP contribution in [-0.4, -0.2) is 42.0 Å². The molecule has 0 bridgehead atoms. The molecule has 1 aromatic heterocycles. The van der Waals surface area contributed by atoms with Crippen molar-refractivity contribution < 1.29 is 4.79 Å². The number of piperidine rings is 1. The number of nitrogens with one attached hydrogen (secondary N) is 1. The van der Waals surface area contributed by atoms with Crippen LogP contribution in [0.15, 0.2) is 18.3 Å². The number of rotatable bonds is 4. The molecule has 1 aliphatic rings. The maximum atomic E-state index is 12.4. The molecule has 0 saturated carbocycles. The van der Waals surface area contributed by atoms with Gasteiger partial charge in [0.2, 0.25) is 0 Å². The van der Waals surface area contributed by atoms with Gasteiger partial charge < -0.3 is 10.2 Å². The number of carbonyl (C=O) groups is 1. The molecule has 5 nitrogen and oxygen atoms in total. The second kappa shape index (κ2) is 7.01. The Morgan fingerprint density at radius 3 is 2.80 bits per heavy atom. The quantitative estimate of drug-likeness (QED) is 0.900. The van der Waals surface area contributed by atoms with Gasteiger partial charge in [-0.1, -0.05) is 0 Å². The molecule has 1 fully saturated rings. The molecule has 0 aromatic carbocycles. The Morgan fingerprint density at radius 1 is 1.50 bits per heavy atom. The standard InChI is InChI=1S/C15H20N4O/c1-2-19(11-12-5-7-17-8-6-12)15(20)14-4-3-13(9-16)10-18-14/h3-4,10,12,17H,2,5-8,11H2,1H3. The summed E-state index contributed by atoms with van der Waals surface area (Å²) in [6.07, 6.45) is 3.68. The predicted molar refractivity (Wildman–Crippen MR) is 76.1 cm³/mol. The lowest BCUT2D eigenvalue weighted by molar-refractivity contribution is 0.0721. The van der Waals surface area contributed by atoms with Crippen molar-refractivity contribution in [3.63, 3.8) is 0 Å². The number of hydrogen-bond acceptors (Lipinski definition) is 4. The molecule has 0 unspecified atom stereocenters. The van der Waals surface area contributed by atoms with Gasteiger partial charge in [0.25, 0.3) is 5.91 Å². The topological polar surface area (TPSA) is 69.0 Å². The molecule has 5 heteroatoms. The van der Waals surface area contributed by atoms with Gasteiger partial charge in [-0.25, -0.2) is 4.98 Å². The Hall–Kier alpha value is -1.93. The first-order valence-electron chi connectivity index (χ1n) is 7.10. The second-order valence-electron chi connectivity index (χ2n) is 5.08. The summed E-state index contributed by atoms with van der Waals surface area (Å²) in [5.41, 5.74) is 0.891. The molecule has 1 amide bonds. The molecule has 106 valence electrons. The molecule has 2 rings (SSSR count). The van der Waals surface area contributed by atoms with Gasteiger partial charge >= 0.3 is 0 Å². The lowest BCUT2D eigenvalue weighted by Gasteiger charge is -2.29. The number of nitrogens with zero attached hydrogens (tertiary/aromatic N) is 3. The number of amides is 1. The van der Waals surface area contributed by atoms with Crippen molar-refractivity contribution in [2.45, 2.75) is 19.8 Å². The number of aromatic nitrogens is 1. The normalized spacial score (nSPS) is 15.6. The van der Waals surface area contributed by atoms with Gasteiger partial charge in [0.15, 0.2) is 0 Å². The third kappa shape index (κ3) is 3.55. The Kier molecular flexibility index (Phi) is 5.08. The zero-order chi connectivity index (χ0) is 14.4. The molecular formula is C15H20N4O. The van der Waals surface area contributed by atoms with Gasteiger partial charge in [0.1, 0.15) is 11.8 Å². The Labute approximate surface area is 119 Å². The fourth-order valence-corrected chi connectivity index (χ4v) is 2.48. The molecule has 0 aliphatic carbocycles. The van der Waals surface area contributed by atoms with Gasteiger partial charge in [-0.05, 0) is 50.9 Å². The average Bonchev–Trinajstić information content (AvgIpc) is 2.53. The van der Waals surface area contributed by atoms with Crippen LogP contribution in [0.25, 0.3) is 0 Å². The van der Waals surface area contributed by atoms with E-state index in [1.165, 1.54) is 6.20 Å². The molecule has 1 aromatic rings. The van der Waals surface area contributed by atoms with Gasteiger partial charge in [0, 0.05) is 19.3 Å². The Balaban J connectivity index is 2.01. The molecule has 2 heterocycles. The summed E-state index contributed by atoms with van der Waals surface area (Å²) in [7, 11) is 0. The maximum absolute atomic E-state index is 12.4. The van der Waals surface area contributed by atoms with E-state index in [4.69, 9.17) is 5.26 Å². The molecule has 0 radical (unpaired) electrons. The van der Waals surface area contributed by atoms with E-state index >= 15 is 0 Å². The summed E-state index contributed by atoms with van der Waals surface area (Å²) in [6, 6.07) is 5.28. The minimum absolute atomic E-state index is 0.0458. The van der Waals surface area contributed by atoms with E-state index < -0.39 is 0 Å². The molecule has 0 atom stereocenters. The van der Waals surface area contributed by atoms with Gasteiger partial charge in [0.05, 0.1) is 5.56 Å². The minimum atomic E-state index is -0.0458. The van der Waals surface area contributed by atoms with E-state index in [-0.39, 0.29) is 5.91 Å². The van der Waals surface area contributed by atoms with E-state index in [1.807, 2.05) is 17.9 Å². The van der Waals surface area contributed by atoms with Gasteiger partial charge in [-0.3, -0.25) is 4.79 Å². The van der Waals surface area contributed by atoms with Crippen molar-refractivity contribution in [3.05, 3.63) is 29.6 Å². The van der Waals surface area contributed by atoms with Crippen LogP contribution < -0.4 is 5.32 Å². The van der Waals surface area contributed by atoms with Crippen molar-refractivity contribution >= 4 is 5.91 Å². The van der Waals surface area contributed by atoms with Crippen LogP contribution in [0.1, 0.15) is 35.8 Å². The highest BCUT2D eigenvalue weighted by Crippen LogP contribution is 2.15. The molecule has 0 spiro atoms. The zero-order valence-corrected chi connectivity index (χ0v) is 11.8. The zero-order valence-electron chi connectivity index (χ0n) is 11.8. The smallest absolute Gasteiger partial charge is 0.272 e. The number of carbonyl (C=O) groups excluding carboxylic acids is 1. The van der Waals surface area contributed by atoms with Gasteiger partial charge in [-0.2, -0.15) is 5.26 Å². The van der Waals surface area contributed by atoms with Crippen molar-refractivity contribution in [2.75, 3.05) is 26.2 Å². The van der Waals surface area contributed by atoms with E-state index in [1.54, 1.807) is 12.1 Å². The Morgan fingerprint density at radius 2 is 2.25 bits per heavy atom. The fourth-order valence-electron chi connectivity index (χ4n) is 2.48. The third-order valence-electron chi connectivity index (χ3n) is 3.72. The number of hydrogen-bond donors (Lipinski definition) is 1. The van der Waals surface area contributed by atoms with E-state index in [9.17, 15) is 4.79 Å². The largest absolute Gasteiger partial charge is 0.337 e. The van der Waals surface area contributed by atoms with E-state index in [2.05, 4.69) is 10.3 Å². The predicted octanol–water partition coefficient (Wildman–Crippen LogP) is 1.41. The maximum Gasteiger partial charge on any atom is 0.272 e. The van der Waals surface area contributed by atoms with Crippen molar-refractivity contribution in [1.29, 1.82) is 5.26 Å². The number of nitriles is 1. The van der Waals surface area contributed by atoms with E-state index in [0.29, 0.717) is 23.7 Å². The lowest BCUT2D eigenvalue weighted by Crippen LogP contribution is -2.39. The Bertz CT molecular complexity index is 486. The van der Waals surface area contributed by atoms with Crippen LogP contribution in [0, 0.1) is 17.2 Å². The van der Waals surface area contributed by atoms with Crippen LogP contribution in [0.5, 0.6) is 0 Å². The summed E-state index contributed by atoms with van der Waals surface area (Å²) in [6.45, 7) is 5.53. The summed E-state index contributed by atoms with van der Waals surface area (Å²) < 4.78 is 0. The summed E-state index contributed by atoms with van der Waals surface area (Å²) >= 11 is 0. The third-order valence-corrected chi connectivity index (χ3v) is 3.72. The first-order valence-corrected chi connectivity index (χ1v) is 7.10. The fraction of sp³-hybridized carbons (Fsp3) is 0.533. The van der Waals surface area contributed by atoms with Crippen LogP contribution in [0.2, 0.25) is 0 Å².